The SMILES string of the molecule is O=C(O)c1ccccc1Sc1ccc([N+](=O)[O-])cc1.O=[N+]([O-])c1ccc(S)cc1. The monoisotopic (exact) mass is 430 g/mol. The van der Waals surface area contributed by atoms with Crippen LogP contribution in [0.15, 0.2) is 87.5 Å². The molecule has 0 fully saturated rings. The van der Waals surface area contributed by atoms with Gasteiger partial charge in [0.2, 0.25) is 0 Å². The van der Waals surface area contributed by atoms with Gasteiger partial charge >= 0.3 is 5.97 Å². The van der Waals surface area contributed by atoms with Gasteiger partial charge in [0.25, 0.3) is 11.4 Å². The number of hydrogen-bond donors (Lipinski definition) is 2. The predicted molar refractivity (Wildman–Crippen MR) is 111 cm³/mol. The molecule has 0 aliphatic heterocycles. The summed E-state index contributed by atoms with van der Waals surface area (Å²) in [7, 11) is 0. The molecule has 0 aliphatic rings. The standard InChI is InChI=1S/C13H9NO4S.C6H5NO2S/c15-13(16)11-3-1-2-4-12(11)19-10-7-5-9(6-8-10)14(17)18;8-7(9)5-1-3-6(10)4-2-5/h1-8H,(H,15,16);1-4,10H. The van der Waals surface area contributed by atoms with Crippen molar-refractivity contribution in [2.45, 2.75) is 14.7 Å². The quantitative estimate of drug-likeness (QED) is 0.318. The number of carboxylic acid groups (broad SMARTS) is 1. The van der Waals surface area contributed by atoms with Crippen LogP contribution in [-0.2, 0) is 0 Å². The van der Waals surface area contributed by atoms with Crippen molar-refractivity contribution >= 4 is 41.7 Å². The van der Waals surface area contributed by atoms with E-state index in [1.807, 2.05) is 0 Å². The summed E-state index contributed by atoms with van der Waals surface area (Å²) in [6.45, 7) is 0. The third kappa shape index (κ3) is 6.63. The molecule has 0 saturated heterocycles. The van der Waals surface area contributed by atoms with Gasteiger partial charge in [-0.15, -0.1) is 12.6 Å². The molecule has 0 bridgehead atoms. The number of aromatic carboxylic acids is 1. The lowest BCUT2D eigenvalue weighted by Gasteiger charge is -2.05. The highest BCUT2D eigenvalue weighted by Gasteiger charge is 2.11. The van der Waals surface area contributed by atoms with Crippen LogP contribution in [0, 0.1) is 20.2 Å². The van der Waals surface area contributed by atoms with Gasteiger partial charge in [0.05, 0.1) is 15.4 Å². The predicted octanol–water partition coefficient (Wildman–Crippen LogP) is 5.33. The molecule has 3 rings (SSSR count). The van der Waals surface area contributed by atoms with Gasteiger partial charge in [-0.25, -0.2) is 4.79 Å². The maximum absolute atomic E-state index is 11.1. The van der Waals surface area contributed by atoms with Crippen LogP contribution >= 0.6 is 24.4 Å². The molecule has 10 heteroatoms. The van der Waals surface area contributed by atoms with Gasteiger partial charge in [-0.3, -0.25) is 20.2 Å². The first-order chi connectivity index (χ1) is 13.8. The topological polar surface area (TPSA) is 124 Å². The molecule has 0 aliphatic carbocycles. The van der Waals surface area contributed by atoms with Crippen molar-refractivity contribution in [2.75, 3.05) is 0 Å². The van der Waals surface area contributed by atoms with E-state index < -0.39 is 15.8 Å². The van der Waals surface area contributed by atoms with E-state index in [4.69, 9.17) is 5.11 Å². The van der Waals surface area contributed by atoms with E-state index in [0.29, 0.717) is 4.90 Å². The van der Waals surface area contributed by atoms with Gasteiger partial charge in [-0.1, -0.05) is 23.9 Å². The summed E-state index contributed by atoms with van der Waals surface area (Å²) in [5, 5.41) is 29.7. The van der Waals surface area contributed by atoms with E-state index in [-0.39, 0.29) is 16.9 Å². The van der Waals surface area contributed by atoms with E-state index in [9.17, 15) is 25.0 Å². The van der Waals surface area contributed by atoms with Crippen LogP contribution in [-0.4, -0.2) is 20.9 Å². The fourth-order valence-electron chi connectivity index (χ4n) is 2.07. The largest absolute Gasteiger partial charge is 0.478 e. The van der Waals surface area contributed by atoms with Crippen molar-refractivity contribution in [1.29, 1.82) is 0 Å². The molecule has 0 spiro atoms. The van der Waals surface area contributed by atoms with Crippen LogP contribution < -0.4 is 0 Å². The second-order valence-electron chi connectivity index (χ2n) is 5.43. The van der Waals surface area contributed by atoms with Crippen molar-refractivity contribution in [3.8, 4) is 0 Å². The Morgan fingerprint density at radius 1 is 0.828 bits per heavy atom. The van der Waals surface area contributed by atoms with Crippen LogP contribution in [0.3, 0.4) is 0 Å². The maximum Gasteiger partial charge on any atom is 0.336 e. The summed E-state index contributed by atoms with van der Waals surface area (Å²) in [5.74, 6) is -0.995. The van der Waals surface area contributed by atoms with E-state index in [0.717, 1.165) is 9.79 Å². The molecule has 8 nitrogen and oxygen atoms in total. The molecule has 3 aromatic carbocycles. The maximum atomic E-state index is 11.1. The summed E-state index contributed by atoms with van der Waals surface area (Å²) >= 11 is 5.24. The Morgan fingerprint density at radius 3 is 1.79 bits per heavy atom. The number of hydrogen-bond acceptors (Lipinski definition) is 7. The number of nitro groups is 2. The molecule has 0 aromatic heterocycles. The molecule has 0 amide bonds. The number of non-ortho nitro benzene ring substituents is 2. The molecule has 0 radical (unpaired) electrons. The molecule has 29 heavy (non-hydrogen) atoms. The smallest absolute Gasteiger partial charge is 0.336 e. The number of benzene rings is 3. The highest BCUT2D eigenvalue weighted by Crippen LogP contribution is 2.31. The Morgan fingerprint density at radius 2 is 1.31 bits per heavy atom. The lowest BCUT2D eigenvalue weighted by Crippen LogP contribution is -1.97. The zero-order chi connectivity index (χ0) is 21.4. The van der Waals surface area contributed by atoms with E-state index in [1.165, 1.54) is 42.1 Å². The highest BCUT2D eigenvalue weighted by atomic mass is 32.2. The van der Waals surface area contributed by atoms with Crippen LogP contribution in [0.1, 0.15) is 10.4 Å². The van der Waals surface area contributed by atoms with Gasteiger partial charge in [0.1, 0.15) is 0 Å². The minimum atomic E-state index is -0.995. The second kappa shape index (κ2) is 10.2. The van der Waals surface area contributed by atoms with Crippen LogP contribution in [0.25, 0.3) is 0 Å². The van der Waals surface area contributed by atoms with Crippen molar-refractivity contribution in [3.63, 3.8) is 0 Å². The minimum Gasteiger partial charge on any atom is -0.478 e. The first-order valence-corrected chi connectivity index (χ1v) is 9.22. The molecule has 0 unspecified atom stereocenters. The second-order valence-corrected chi connectivity index (χ2v) is 7.06. The third-order valence-electron chi connectivity index (χ3n) is 3.45. The summed E-state index contributed by atoms with van der Waals surface area (Å²) in [6, 6.07) is 18.6. The average molecular weight is 430 g/mol. The van der Waals surface area contributed by atoms with Crippen molar-refractivity contribution < 1.29 is 19.7 Å². The Labute approximate surface area is 174 Å². The molecule has 0 saturated carbocycles. The Kier molecular flexibility index (Phi) is 7.75. The van der Waals surface area contributed by atoms with Gasteiger partial charge in [-0.05, 0) is 36.4 Å². The van der Waals surface area contributed by atoms with Crippen LogP contribution in [0.2, 0.25) is 0 Å². The number of nitro benzene ring substituents is 2. The molecule has 3 aromatic rings. The molecule has 0 heterocycles. The Bertz CT molecular complexity index is 1020. The fraction of sp³-hybridized carbons (Fsp3) is 0. The average Bonchev–Trinajstić information content (AvgIpc) is 2.69. The number of carbonyl (C=O) groups is 1. The van der Waals surface area contributed by atoms with E-state index in [1.54, 1.807) is 42.5 Å². The molecular weight excluding hydrogens is 416 g/mol. The molecule has 148 valence electrons. The summed E-state index contributed by atoms with van der Waals surface area (Å²) in [5.41, 5.74) is 0.319. The minimum absolute atomic E-state index is 0.0101. The van der Waals surface area contributed by atoms with Crippen molar-refractivity contribution in [3.05, 3.63) is 98.6 Å². The third-order valence-corrected chi connectivity index (χ3v) is 4.84. The summed E-state index contributed by atoms with van der Waals surface area (Å²) in [6.07, 6.45) is 0. The van der Waals surface area contributed by atoms with E-state index in [2.05, 4.69) is 12.6 Å². The van der Waals surface area contributed by atoms with Gasteiger partial charge in [0.15, 0.2) is 0 Å². The first-order valence-electron chi connectivity index (χ1n) is 7.96. The number of nitrogens with zero attached hydrogens (tertiary/aromatic N) is 2. The molecule has 0 atom stereocenters. The molecule has 1 N–H and O–H groups in total. The number of thiol groups is 1. The highest BCUT2D eigenvalue weighted by molar-refractivity contribution is 7.99. The van der Waals surface area contributed by atoms with Crippen LogP contribution in [0.5, 0.6) is 0 Å². The zero-order valence-electron chi connectivity index (χ0n) is 14.7. The van der Waals surface area contributed by atoms with E-state index >= 15 is 0 Å². The summed E-state index contributed by atoms with van der Waals surface area (Å²) in [4.78, 5) is 32.8. The van der Waals surface area contributed by atoms with Gasteiger partial charge < -0.3 is 5.11 Å². The lowest BCUT2D eigenvalue weighted by molar-refractivity contribution is -0.385. The number of carboxylic acids is 1. The molecular formula is C19H14N2O6S2. The Hall–Kier alpha value is -3.37. The zero-order valence-corrected chi connectivity index (χ0v) is 16.4. The van der Waals surface area contributed by atoms with Crippen molar-refractivity contribution in [1.82, 2.24) is 0 Å². The summed E-state index contributed by atoms with van der Waals surface area (Å²) < 4.78 is 0. The van der Waals surface area contributed by atoms with Gasteiger partial charge in [-0.2, -0.15) is 0 Å². The number of rotatable bonds is 5. The van der Waals surface area contributed by atoms with Gasteiger partial charge in [0, 0.05) is 39.0 Å². The van der Waals surface area contributed by atoms with Crippen LogP contribution in [0.4, 0.5) is 11.4 Å². The normalized spacial score (nSPS) is 9.83. The lowest BCUT2D eigenvalue weighted by atomic mass is 10.2. The van der Waals surface area contributed by atoms with Crippen molar-refractivity contribution in [2.24, 2.45) is 0 Å². The Balaban J connectivity index is 0.000000253. The first kappa shape index (κ1) is 21.9. The fourth-order valence-corrected chi connectivity index (χ4v) is 3.16.